The van der Waals surface area contributed by atoms with E-state index in [0.29, 0.717) is 31.4 Å². The molecule has 1 saturated carbocycles. The molecule has 1 aromatic carbocycles. The third kappa shape index (κ3) is 4.50. The van der Waals surface area contributed by atoms with Crippen LogP contribution in [0, 0.1) is 5.82 Å². The molecule has 166 valence electrons. The fraction of sp³-hybridized carbons (Fsp3) is 0.609. The average molecular weight is 429 g/mol. The van der Waals surface area contributed by atoms with Gasteiger partial charge in [-0.1, -0.05) is 18.0 Å². The monoisotopic (exact) mass is 428 g/mol. The minimum absolute atomic E-state index is 0.107. The van der Waals surface area contributed by atoms with E-state index in [1.54, 1.807) is 12.1 Å². The van der Waals surface area contributed by atoms with Gasteiger partial charge in [0.15, 0.2) is 0 Å². The molecule has 3 heterocycles. The van der Waals surface area contributed by atoms with Gasteiger partial charge in [-0.3, -0.25) is 9.69 Å². The molecule has 3 fully saturated rings. The van der Waals surface area contributed by atoms with E-state index in [1.807, 2.05) is 0 Å². The second-order valence-corrected chi connectivity index (χ2v) is 8.89. The van der Waals surface area contributed by atoms with Crippen LogP contribution >= 0.6 is 0 Å². The van der Waals surface area contributed by atoms with Crippen molar-refractivity contribution in [3.8, 4) is 11.4 Å². The molecule has 1 amide bonds. The molecule has 2 aromatic rings. The minimum Gasteiger partial charge on any atom is -0.374 e. The molecule has 7 nitrogen and oxygen atoms in total. The number of piperidine rings is 1. The maximum absolute atomic E-state index is 13.2. The van der Waals surface area contributed by atoms with Crippen molar-refractivity contribution in [3.05, 3.63) is 36.0 Å². The molecule has 0 radical (unpaired) electrons. The molecule has 1 aliphatic carbocycles. The van der Waals surface area contributed by atoms with Crippen LogP contribution in [-0.2, 0) is 9.53 Å². The fourth-order valence-electron chi connectivity index (χ4n) is 5.21. The molecule has 2 saturated heterocycles. The van der Waals surface area contributed by atoms with Gasteiger partial charge in [0, 0.05) is 18.7 Å². The molecule has 1 aromatic heterocycles. The fourth-order valence-corrected chi connectivity index (χ4v) is 5.21. The molecule has 3 unspecified atom stereocenters. The van der Waals surface area contributed by atoms with E-state index < -0.39 is 0 Å². The van der Waals surface area contributed by atoms with Crippen molar-refractivity contribution in [2.24, 2.45) is 0 Å². The van der Waals surface area contributed by atoms with Crippen molar-refractivity contribution >= 4 is 5.91 Å². The van der Waals surface area contributed by atoms with Gasteiger partial charge in [0.05, 0.1) is 31.2 Å². The van der Waals surface area contributed by atoms with Crippen LogP contribution in [0.1, 0.15) is 50.3 Å². The van der Waals surface area contributed by atoms with E-state index in [-0.39, 0.29) is 29.8 Å². The number of hydrogen-bond donors (Lipinski definition) is 0. The standard InChI is InChI=1S/C23H29FN4O3/c24-18-9-7-16(8-10-18)22-25-23(31-26-22)17-4-3-11-27(14-17)15-21(29)28-12-13-30-20-6-2-1-5-19(20)28/h7-10,17,19-20H,1-6,11-15H2. The van der Waals surface area contributed by atoms with Crippen LogP contribution in [0.2, 0.25) is 0 Å². The molecular formula is C23H29FN4O3. The summed E-state index contributed by atoms with van der Waals surface area (Å²) in [6.07, 6.45) is 6.64. The number of fused-ring (bicyclic) bond motifs is 1. The van der Waals surface area contributed by atoms with Gasteiger partial charge in [-0.2, -0.15) is 4.98 Å². The normalized spacial score (nSPS) is 27.1. The van der Waals surface area contributed by atoms with Gasteiger partial charge in [0.25, 0.3) is 0 Å². The minimum atomic E-state index is -0.292. The Morgan fingerprint density at radius 2 is 1.94 bits per heavy atom. The molecule has 3 aliphatic rings. The summed E-state index contributed by atoms with van der Waals surface area (Å²) in [6, 6.07) is 6.32. The summed E-state index contributed by atoms with van der Waals surface area (Å²) in [4.78, 5) is 22.0. The van der Waals surface area contributed by atoms with Crippen molar-refractivity contribution in [1.29, 1.82) is 0 Å². The van der Waals surface area contributed by atoms with Gasteiger partial charge >= 0.3 is 0 Å². The van der Waals surface area contributed by atoms with Crippen LogP contribution in [0.5, 0.6) is 0 Å². The molecule has 0 bridgehead atoms. The predicted molar refractivity (Wildman–Crippen MR) is 112 cm³/mol. The smallest absolute Gasteiger partial charge is 0.237 e. The zero-order valence-corrected chi connectivity index (χ0v) is 17.7. The van der Waals surface area contributed by atoms with Gasteiger partial charge in [-0.05, 0) is 56.5 Å². The lowest BCUT2D eigenvalue weighted by Gasteiger charge is -2.44. The summed E-state index contributed by atoms with van der Waals surface area (Å²) >= 11 is 0. The topological polar surface area (TPSA) is 71.7 Å². The summed E-state index contributed by atoms with van der Waals surface area (Å²) < 4.78 is 24.6. The molecule has 5 rings (SSSR count). The highest BCUT2D eigenvalue weighted by Gasteiger charge is 2.37. The Kier molecular flexibility index (Phi) is 6.00. The van der Waals surface area contributed by atoms with Gasteiger partial charge < -0.3 is 14.2 Å². The zero-order valence-electron chi connectivity index (χ0n) is 17.7. The van der Waals surface area contributed by atoms with Crippen LogP contribution in [0.3, 0.4) is 0 Å². The van der Waals surface area contributed by atoms with E-state index >= 15 is 0 Å². The van der Waals surface area contributed by atoms with Crippen LogP contribution in [0.25, 0.3) is 11.4 Å². The number of aromatic nitrogens is 2. The highest BCUT2D eigenvalue weighted by Crippen LogP contribution is 2.30. The molecule has 2 aliphatic heterocycles. The number of likely N-dealkylation sites (tertiary alicyclic amines) is 1. The third-order valence-corrected chi connectivity index (χ3v) is 6.81. The van der Waals surface area contributed by atoms with Gasteiger partial charge in [-0.15, -0.1) is 0 Å². The second kappa shape index (κ2) is 9.04. The molecular weight excluding hydrogens is 399 g/mol. The number of morpholine rings is 1. The van der Waals surface area contributed by atoms with E-state index in [9.17, 15) is 9.18 Å². The zero-order chi connectivity index (χ0) is 21.2. The van der Waals surface area contributed by atoms with Crippen molar-refractivity contribution in [2.75, 3.05) is 32.8 Å². The lowest BCUT2D eigenvalue weighted by Crippen LogP contribution is -2.57. The Hall–Kier alpha value is -2.32. The number of carbonyl (C=O) groups is 1. The Bertz CT molecular complexity index is 900. The van der Waals surface area contributed by atoms with Crippen molar-refractivity contribution < 1.29 is 18.4 Å². The number of nitrogens with zero attached hydrogens (tertiary/aromatic N) is 4. The number of ether oxygens (including phenoxy) is 1. The number of halogens is 1. The van der Waals surface area contributed by atoms with Gasteiger partial charge in [0.2, 0.25) is 17.6 Å². The largest absolute Gasteiger partial charge is 0.374 e. The number of hydrogen-bond acceptors (Lipinski definition) is 6. The Morgan fingerprint density at radius 1 is 1.10 bits per heavy atom. The van der Waals surface area contributed by atoms with E-state index in [1.165, 1.54) is 25.0 Å². The van der Waals surface area contributed by atoms with E-state index in [4.69, 9.17) is 9.26 Å². The number of rotatable bonds is 4. The maximum atomic E-state index is 13.2. The van der Waals surface area contributed by atoms with E-state index in [2.05, 4.69) is 19.9 Å². The first kappa shape index (κ1) is 20.6. The third-order valence-electron chi connectivity index (χ3n) is 6.81. The molecule has 31 heavy (non-hydrogen) atoms. The second-order valence-electron chi connectivity index (χ2n) is 8.89. The highest BCUT2D eigenvalue weighted by molar-refractivity contribution is 5.78. The maximum Gasteiger partial charge on any atom is 0.237 e. The quantitative estimate of drug-likeness (QED) is 0.745. The summed E-state index contributed by atoms with van der Waals surface area (Å²) in [6.45, 7) is 3.40. The van der Waals surface area contributed by atoms with Gasteiger partial charge in [0.1, 0.15) is 5.82 Å². The summed E-state index contributed by atoms with van der Waals surface area (Å²) in [7, 11) is 0. The van der Waals surface area contributed by atoms with Crippen LogP contribution < -0.4 is 0 Å². The summed E-state index contributed by atoms with van der Waals surface area (Å²) in [5, 5.41) is 4.08. The van der Waals surface area contributed by atoms with E-state index in [0.717, 1.165) is 44.3 Å². The number of amides is 1. The summed E-state index contributed by atoms with van der Waals surface area (Å²) in [5.74, 6) is 1.09. The van der Waals surface area contributed by atoms with Crippen molar-refractivity contribution in [2.45, 2.75) is 56.6 Å². The van der Waals surface area contributed by atoms with Crippen LogP contribution in [-0.4, -0.2) is 70.8 Å². The first-order chi connectivity index (χ1) is 15.2. The first-order valence-electron chi connectivity index (χ1n) is 11.4. The van der Waals surface area contributed by atoms with Crippen LogP contribution in [0.15, 0.2) is 28.8 Å². The van der Waals surface area contributed by atoms with Gasteiger partial charge in [-0.25, -0.2) is 4.39 Å². The average Bonchev–Trinajstić information content (AvgIpc) is 3.30. The molecule has 0 N–H and O–H groups in total. The van der Waals surface area contributed by atoms with Crippen molar-refractivity contribution in [1.82, 2.24) is 19.9 Å². The molecule has 3 atom stereocenters. The lowest BCUT2D eigenvalue weighted by molar-refractivity contribution is -0.150. The number of benzene rings is 1. The Labute approximate surface area is 181 Å². The number of carbonyl (C=O) groups excluding carboxylic acids is 1. The van der Waals surface area contributed by atoms with Crippen LogP contribution in [0.4, 0.5) is 4.39 Å². The van der Waals surface area contributed by atoms with Crippen molar-refractivity contribution in [3.63, 3.8) is 0 Å². The highest BCUT2D eigenvalue weighted by atomic mass is 19.1. The Morgan fingerprint density at radius 3 is 2.81 bits per heavy atom. The lowest BCUT2D eigenvalue weighted by atomic mass is 9.90. The summed E-state index contributed by atoms with van der Waals surface area (Å²) in [5.41, 5.74) is 0.730. The molecule has 0 spiro atoms. The SMILES string of the molecule is O=C(CN1CCCC(c2nc(-c3ccc(F)cc3)no2)C1)N1CCOC2CCCCC21. The predicted octanol–water partition coefficient (Wildman–Crippen LogP) is 3.23. The Balaban J connectivity index is 1.21. The molecule has 8 heteroatoms. The first-order valence-corrected chi connectivity index (χ1v) is 11.4.